The van der Waals surface area contributed by atoms with Crippen LogP contribution in [0, 0.1) is 0 Å². The summed E-state index contributed by atoms with van der Waals surface area (Å²) in [6, 6.07) is 9.71. The average molecular weight is 250 g/mol. The summed E-state index contributed by atoms with van der Waals surface area (Å²) in [5.41, 5.74) is 1.05. The van der Waals surface area contributed by atoms with E-state index in [0.29, 0.717) is 13.2 Å². The van der Waals surface area contributed by atoms with Crippen molar-refractivity contribution in [3.05, 3.63) is 35.9 Å². The molecule has 5 nitrogen and oxygen atoms in total. The van der Waals surface area contributed by atoms with E-state index in [0.717, 1.165) is 18.7 Å². The van der Waals surface area contributed by atoms with Crippen LogP contribution in [0.25, 0.3) is 0 Å². The van der Waals surface area contributed by atoms with Gasteiger partial charge in [-0.1, -0.05) is 30.3 Å². The molecule has 1 saturated heterocycles. The van der Waals surface area contributed by atoms with Crippen molar-refractivity contribution in [2.45, 2.75) is 12.6 Å². The number of alkyl carbamates (subject to hydrolysis) is 1. The van der Waals surface area contributed by atoms with Crippen molar-refractivity contribution in [2.75, 3.05) is 26.3 Å². The number of carbonyl (C=O) groups excluding carboxylic acids is 1. The van der Waals surface area contributed by atoms with Crippen molar-refractivity contribution in [1.82, 2.24) is 10.6 Å². The maximum Gasteiger partial charge on any atom is 0.407 e. The molecule has 2 N–H and O–H groups in total. The van der Waals surface area contributed by atoms with Crippen LogP contribution < -0.4 is 10.6 Å². The standard InChI is InChI=1S/C13H18N2O3/c16-13(15-8-11-4-2-1-3-5-11)18-10-12-9-14-6-7-17-12/h1-5,12,14H,6-10H2,(H,15,16). The molecule has 1 heterocycles. The molecule has 1 aliphatic rings. The minimum absolute atomic E-state index is 0.0405. The third-order valence-electron chi connectivity index (χ3n) is 2.68. The van der Waals surface area contributed by atoms with Gasteiger partial charge in [0.1, 0.15) is 12.7 Å². The molecular weight excluding hydrogens is 232 g/mol. The van der Waals surface area contributed by atoms with E-state index in [-0.39, 0.29) is 12.7 Å². The van der Waals surface area contributed by atoms with Crippen LogP contribution in [0.4, 0.5) is 4.79 Å². The molecule has 1 atom stereocenters. The highest BCUT2D eigenvalue weighted by Crippen LogP contribution is 1.99. The molecule has 1 fully saturated rings. The number of morpholine rings is 1. The zero-order valence-corrected chi connectivity index (χ0v) is 10.2. The van der Waals surface area contributed by atoms with Gasteiger partial charge in [0.05, 0.1) is 6.61 Å². The van der Waals surface area contributed by atoms with E-state index in [1.54, 1.807) is 0 Å². The van der Waals surface area contributed by atoms with Gasteiger partial charge in [0.25, 0.3) is 0 Å². The lowest BCUT2D eigenvalue weighted by atomic mass is 10.2. The highest BCUT2D eigenvalue weighted by atomic mass is 16.6. The monoisotopic (exact) mass is 250 g/mol. The number of rotatable bonds is 4. The van der Waals surface area contributed by atoms with Crippen molar-refractivity contribution in [1.29, 1.82) is 0 Å². The molecule has 0 aliphatic carbocycles. The molecule has 1 unspecified atom stereocenters. The Morgan fingerprint density at radius 3 is 3.00 bits per heavy atom. The van der Waals surface area contributed by atoms with Crippen LogP contribution in [0.3, 0.4) is 0 Å². The molecule has 0 aromatic heterocycles. The smallest absolute Gasteiger partial charge is 0.407 e. The Balaban J connectivity index is 1.63. The first-order chi connectivity index (χ1) is 8.84. The molecule has 1 amide bonds. The molecule has 0 radical (unpaired) electrons. The number of ether oxygens (including phenoxy) is 2. The zero-order chi connectivity index (χ0) is 12.6. The van der Waals surface area contributed by atoms with Crippen LogP contribution in [0.5, 0.6) is 0 Å². The summed E-state index contributed by atoms with van der Waals surface area (Å²) >= 11 is 0. The van der Waals surface area contributed by atoms with E-state index >= 15 is 0 Å². The van der Waals surface area contributed by atoms with Gasteiger partial charge in [-0.05, 0) is 5.56 Å². The highest BCUT2D eigenvalue weighted by molar-refractivity contribution is 5.67. The van der Waals surface area contributed by atoms with Gasteiger partial charge in [0.2, 0.25) is 0 Å². The molecule has 0 bridgehead atoms. The minimum Gasteiger partial charge on any atom is -0.447 e. The number of hydrogen-bond donors (Lipinski definition) is 2. The molecule has 1 aromatic carbocycles. The van der Waals surface area contributed by atoms with Crippen LogP contribution in [0.15, 0.2) is 30.3 Å². The Morgan fingerprint density at radius 1 is 1.44 bits per heavy atom. The van der Waals surface area contributed by atoms with E-state index < -0.39 is 6.09 Å². The molecule has 0 spiro atoms. The first-order valence-electron chi connectivity index (χ1n) is 6.11. The number of benzene rings is 1. The molecule has 2 rings (SSSR count). The second-order valence-electron chi connectivity index (χ2n) is 4.13. The predicted molar refractivity (Wildman–Crippen MR) is 67.2 cm³/mol. The quantitative estimate of drug-likeness (QED) is 0.833. The Morgan fingerprint density at radius 2 is 2.28 bits per heavy atom. The van der Waals surface area contributed by atoms with Gasteiger partial charge in [0, 0.05) is 19.6 Å². The largest absolute Gasteiger partial charge is 0.447 e. The highest BCUT2D eigenvalue weighted by Gasteiger charge is 2.15. The van der Waals surface area contributed by atoms with Crippen molar-refractivity contribution >= 4 is 6.09 Å². The summed E-state index contributed by atoms with van der Waals surface area (Å²) in [7, 11) is 0. The maximum atomic E-state index is 11.4. The van der Waals surface area contributed by atoms with E-state index in [1.807, 2.05) is 30.3 Å². The summed E-state index contributed by atoms with van der Waals surface area (Å²) in [5.74, 6) is 0. The van der Waals surface area contributed by atoms with Crippen molar-refractivity contribution < 1.29 is 14.3 Å². The Bertz CT molecular complexity index is 364. The van der Waals surface area contributed by atoms with Crippen LogP contribution in [0.1, 0.15) is 5.56 Å². The van der Waals surface area contributed by atoms with E-state index in [9.17, 15) is 4.79 Å². The van der Waals surface area contributed by atoms with E-state index in [1.165, 1.54) is 0 Å². The van der Waals surface area contributed by atoms with Gasteiger partial charge in [-0.3, -0.25) is 0 Å². The number of carbonyl (C=O) groups is 1. The Kier molecular flexibility index (Phi) is 4.99. The first-order valence-corrected chi connectivity index (χ1v) is 6.11. The van der Waals surface area contributed by atoms with Gasteiger partial charge in [-0.2, -0.15) is 0 Å². The SMILES string of the molecule is O=C(NCc1ccccc1)OCC1CNCCO1. The van der Waals surface area contributed by atoms with Gasteiger partial charge in [-0.25, -0.2) is 4.79 Å². The predicted octanol–water partition coefficient (Wildman–Crippen LogP) is 0.901. The lowest BCUT2D eigenvalue weighted by Crippen LogP contribution is -2.42. The maximum absolute atomic E-state index is 11.4. The zero-order valence-electron chi connectivity index (χ0n) is 10.2. The summed E-state index contributed by atoms with van der Waals surface area (Å²) in [4.78, 5) is 11.4. The second kappa shape index (κ2) is 6.98. The molecular formula is C13H18N2O3. The summed E-state index contributed by atoms with van der Waals surface area (Å²) in [6.45, 7) is 3.01. The van der Waals surface area contributed by atoms with Crippen LogP contribution in [-0.4, -0.2) is 38.5 Å². The fourth-order valence-electron chi connectivity index (χ4n) is 1.72. The van der Waals surface area contributed by atoms with Crippen molar-refractivity contribution in [3.8, 4) is 0 Å². The fraction of sp³-hybridized carbons (Fsp3) is 0.462. The van der Waals surface area contributed by atoms with Crippen molar-refractivity contribution in [3.63, 3.8) is 0 Å². The summed E-state index contributed by atoms with van der Waals surface area (Å²) in [6.07, 6.45) is -0.450. The Labute approximate surface area is 106 Å². The topological polar surface area (TPSA) is 59.6 Å². The average Bonchev–Trinajstić information content (AvgIpc) is 2.45. The first kappa shape index (κ1) is 12.9. The van der Waals surface area contributed by atoms with Gasteiger partial charge in [0.15, 0.2) is 0 Å². The lowest BCUT2D eigenvalue weighted by molar-refractivity contribution is -0.0121. The molecule has 0 saturated carbocycles. The number of nitrogens with one attached hydrogen (secondary N) is 2. The summed E-state index contributed by atoms with van der Waals surface area (Å²) in [5, 5.41) is 5.88. The normalized spacial score (nSPS) is 19.2. The van der Waals surface area contributed by atoms with E-state index in [2.05, 4.69) is 10.6 Å². The van der Waals surface area contributed by atoms with Gasteiger partial charge < -0.3 is 20.1 Å². The van der Waals surface area contributed by atoms with Crippen molar-refractivity contribution in [2.24, 2.45) is 0 Å². The third-order valence-corrected chi connectivity index (χ3v) is 2.68. The number of hydrogen-bond acceptors (Lipinski definition) is 4. The molecule has 18 heavy (non-hydrogen) atoms. The minimum atomic E-state index is -0.409. The molecule has 1 aromatic rings. The fourth-order valence-corrected chi connectivity index (χ4v) is 1.72. The number of amides is 1. The van der Waals surface area contributed by atoms with Gasteiger partial charge in [-0.15, -0.1) is 0 Å². The van der Waals surface area contributed by atoms with Crippen LogP contribution in [0.2, 0.25) is 0 Å². The molecule has 1 aliphatic heterocycles. The lowest BCUT2D eigenvalue weighted by Gasteiger charge is -2.23. The summed E-state index contributed by atoms with van der Waals surface area (Å²) < 4.78 is 10.5. The molecule has 5 heteroatoms. The molecule has 98 valence electrons. The van der Waals surface area contributed by atoms with E-state index in [4.69, 9.17) is 9.47 Å². The van der Waals surface area contributed by atoms with Gasteiger partial charge >= 0.3 is 6.09 Å². The second-order valence-corrected chi connectivity index (χ2v) is 4.13. The van der Waals surface area contributed by atoms with Crippen LogP contribution in [-0.2, 0) is 16.0 Å². The third kappa shape index (κ3) is 4.35. The Hall–Kier alpha value is -1.59. The van der Waals surface area contributed by atoms with Crippen LogP contribution >= 0.6 is 0 Å².